The van der Waals surface area contributed by atoms with E-state index in [4.69, 9.17) is 9.84 Å². The second-order valence-corrected chi connectivity index (χ2v) is 16.7. The molecule has 15 nitrogen and oxygen atoms in total. The zero-order valence-electron chi connectivity index (χ0n) is 33.6. The molecule has 4 amide bonds. The Labute approximate surface area is 327 Å². The third-order valence-corrected chi connectivity index (χ3v) is 10.7. The minimum absolute atomic E-state index is 0.0161. The first-order chi connectivity index (χ1) is 26.7. The summed E-state index contributed by atoms with van der Waals surface area (Å²) >= 11 is 0. The highest BCUT2D eigenvalue weighted by Gasteiger charge is 2.34. The predicted molar refractivity (Wildman–Crippen MR) is 212 cm³/mol. The lowest BCUT2D eigenvalue weighted by Crippen LogP contribution is -2.44. The van der Waals surface area contributed by atoms with Crippen molar-refractivity contribution in [3.05, 3.63) is 64.0 Å². The SMILES string of the molecule is CC(C)NC(=O)O[C@@H]1CC[C@H](c2cc(NC(=O)Cc3cnn(CCCCCCCc4cccc5c4n(C)c(=O)n5C4CCC(=O)NC4=O)c3)nn2C(C)(C)C)C1. The Kier molecular flexibility index (Phi) is 12.5. The van der Waals surface area contributed by atoms with Gasteiger partial charge in [-0.15, -0.1) is 0 Å². The summed E-state index contributed by atoms with van der Waals surface area (Å²) in [6.45, 7) is 10.8. The lowest BCUT2D eigenvalue weighted by Gasteiger charge is -2.24. The van der Waals surface area contributed by atoms with E-state index in [-0.39, 0.29) is 60.0 Å². The van der Waals surface area contributed by atoms with E-state index in [1.165, 1.54) is 4.57 Å². The Morgan fingerprint density at radius 2 is 1.80 bits per heavy atom. The molecule has 4 aromatic rings. The van der Waals surface area contributed by atoms with Crippen LogP contribution in [0, 0.1) is 0 Å². The number of unbranched alkanes of at least 4 members (excludes halogenated alkanes) is 4. The van der Waals surface area contributed by atoms with Crippen molar-refractivity contribution >= 4 is 40.7 Å². The number of carbonyl (C=O) groups is 4. The number of hydrogen-bond acceptors (Lipinski definition) is 8. The number of rotatable bonds is 15. The van der Waals surface area contributed by atoms with Crippen LogP contribution in [0.4, 0.5) is 10.6 Å². The molecule has 2 aliphatic rings. The number of fused-ring (bicyclic) bond motifs is 1. The molecule has 2 fully saturated rings. The van der Waals surface area contributed by atoms with Crippen LogP contribution in [0.1, 0.15) is 128 Å². The molecular weight excluding hydrogens is 715 g/mol. The molecule has 0 spiro atoms. The average Bonchev–Trinajstić information content (AvgIpc) is 3.92. The van der Waals surface area contributed by atoms with Crippen molar-refractivity contribution in [2.24, 2.45) is 7.05 Å². The van der Waals surface area contributed by atoms with Gasteiger partial charge in [-0.3, -0.25) is 38.2 Å². The van der Waals surface area contributed by atoms with E-state index >= 15 is 0 Å². The minimum Gasteiger partial charge on any atom is -0.446 e. The lowest BCUT2D eigenvalue weighted by molar-refractivity contribution is -0.135. The summed E-state index contributed by atoms with van der Waals surface area (Å²) in [6, 6.07) is 7.13. The number of benzene rings is 1. The van der Waals surface area contributed by atoms with Crippen molar-refractivity contribution in [1.29, 1.82) is 0 Å². The molecule has 6 rings (SSSR count). The zero-order chi connectivity index (χ0) is 40.1. The first-order valence-electron chi connectivity index (χ1n) is 20.1. The van der Waals surface area contributed by atoms with Crippen LogP contribution >= 0.6 is 0 Å². The molecule has 15 heteroatoms. The number of nitrogens with zero attached hydrogens (tertiary/aromatic N) is 6. The number of carbonyl (C=O) groups excluding carboxylic acids is 4. The molecule has 1 aliphatic heterocycles. The number of piperidine rings is 1. The molecule has 1 unspecified atom stereocenters. The highest BCUT2D eigenvalue weighted by atomic mass is 16.6. The number of aromatic nitrogens is 6. The molecule has 0 bridgehead atoms. The van der Waals surface area contributed by atoms with Gasteiger partial charge in [0.25, 0.3) is 0 Å². The van der Waals surface area contributed by atoms with Crippen LogP contribution in [-0.2, 0) is 51.1 Å². The number of amides is 4. The Morgan fingerprint density at radius 3 is 2.55 bits per heavy atom. The second kappa shape index (κ2) is 17.3. The largest absolute Gasteiger partial charge is 0.446 e. The molecule has 3 aromatic heterocycles. The van der Waals surface area contributed by atoms with Gasteiger partial charge in [0.2, 0.25) is 17.7 Å². The van der Waals surface area contributed by atoms with Crippen LogP contribution in [0.15, 0.2) is 41.5 Å². The summed E-state index contributed by atoms with van der Waals surface area (Å²) in [6.07, 6.45) is 12.1. The maximum absolute atomic E-state index is 13.2. The highest BCUT2D eigenvalue weighted by molar-refractivity contribution is 6.00. The molecule has 1 aromatic carbocycles. The Balaban J connectivity index is 0.939. The molecule has 1 aliphatic carbocycles. The fourth-order valence-electron chi connectivity index (χ4n) is 8.08. The summed E-state index contributed by atoms with van der Waals surface area (Å²) in [5.41, 5.74) is 3.96. The summed E-state index contributed by atoms with van der Waals surface area (Å²) < 4.78 is 12.7. The van der Waals surface area contributed by atoms with Gasteiger partial charge < -0.3 is 15.4 Å². The van der Waals surface area contributed by atoms with E-state index in [0.29, 0.717) is 18.7 Å². The van der Waals surface area contributed by atoms with Crippen LogP contribution in [0.3, 0.4) is 0 Å². The standard InChI is InChI=1S/C41H57N9O6/c1-26(2)43-39(54)56-30-17-16-29(22-30)33-23-34(46-50(33)41(3,4)5)44-36(52)21-27-24-42-48(25-27)20-11-9-7-8-10-13-28-14-12-15-31-37(28)47(6)40(55)49(31)32-18-19-35(51)45-38(32)53/h12,14-15,23-26,29-30,32H,7-11,13,16-22H2,1-6H3,(H,43,54)(H,44,46,52)(H,45,51,53)/t29-,30+,32?/m0/s1. The molecule has 302 valence electrons. The monoisotopic (exact) mass is 771 g/mol. The van der Waals surface area contributed by atoms with Gasteiger partial charge >= 0.3 is 11.8 Å². The first-order valence-corrected chi connectivity index (χ1v) is 20.1. The third kappa shape index (κ3) is 9.59. The molecule has 56 heavy (non-hydrogen) atoms. The topological polar surface area (TPSA) is 176 Å². The highest BCUT2D eigenvalue weighted by Crippen LogP contribution is 2.39. The average molecular weight is 772 g/mol. The van der Waals surface area contributed by atoms with Gasteiger partial charge in [0.05, 0.1) is 29.2 Å². The van der Waals surface area contributed by atoms with Crippen LogP contribution in [0.2, 0.25) is 0 Å². The molecular formula is C41H57N9O6. The van der Waals surface area contributed by atoms with Gasteiger partial charge in [-0.25, -0.2) is 9.59 Å². The normalized spacial score (nSPS) is 18.8. The van der Waals surface area contributed by atoms with Gasteiger partial charge in [0.1, 0.15) is 12.1 Å². The smallest absolute Gasteiger partial charge is 0.407 e. The maximum atomic E-state index is 13.2. The van der Waals surface area contributed by atoms with E-state index in [1.54, 1.807) is 17.8 Å². The minimum atomic E-state index is -0.690. The Morgan fingerprint density at radius 1 is 1.04 bits per heavy atom. The number of hydrogen-bond donors (Lipinski definition) is 3. The fraction of sp³-hybridized carbons (Fsp3) is 0.585. The van der Waals surface area contributed by atoms with Crippen LogP contribution in [0.25, 0.3) is 11.0 Å². The molecule has 1 saturated carbocycles. The molecule has 4 heterocycles. The zero-order valence-corrected chi connectivity index (χ0v) is 33.6. The summed E-state index contributed by atoms with van der Waals surface area (Å²) in [7, 11) is 1.74. The van der Waals surface area contributed by atoms with Crippen molar-refractivity contribution in [2.45, 2.75) is 148 Å². The quantitative estimate of drug-likeness (QED) is 0.103. The molecule has 3 N–H and O–H groups in total. The number of para-hydroxylation sites is 1. The van der Waals surface area contributed by atoms with Crippen molar-refractivity contribution in [3.8, 4) is 0 Å². The fourth-order valence-corrected chi connectivity index (χ4v) is 8.08. The van der Waals surface area contributed by atoms with Crippen LogP contribution in [-0.4, -0.2) is 64.7 Å². The second-order valence-electron chi connectivity index (χ2n) is 16.7. The number of imidazole rings is 1. The molecule has 0 radical (unpaired) electrons. The first kappa shape index (κ1) is 40.5. The van der Waals surface area contributed by atoms with E-state index in [9.17, 15) is 24.0 Å². The maximum Gasteiger partial charge on any atom is 0.407 e. The Hall–Kier alpha value is -5.21. The van der Waals surface area contributed by atoms with Crippen molar-refractivity contribution in [2.75, 3.05) is 5.32 Å². The van der Waals surface area contributed by atoms with Gasteiger partial charge in [-0.2, -0.15) is 10.2 Å². The molecule has 3 atom stereocenters. The van der Waals surface area contributed by atoms with Gasteiger partial charge in [0.15, 0.2) is 5.82 Å². The molecule has 1 saturated heterocycles. The number of ether oxygens (including phenoxy) is 1. The summed E-state index contributed by atoms with van der Waals surface area (Å²) in [5, 5.41) is 17.4. The number of nitrogens with one attached hydrogen (secondary N) is 3. The van der Waals surface area contributed by atoms with E-state index in [1.807, 2.05) is 53.7 Å². The van der Waals surface area contributed by atoms with Crippen LogP contribution < -0.4 is 21.6 Å². The van der Waals surface area contributed by atoms with Crippen LogP contribution in [0.5, 0.6) is 0 Å². The number of aryl methyl sites for hydroxylation is 3. The third-order valence-electron chi connectivity index (χ3n) is 10.7. The van der Waals surface area contributed by atoms with Gasteiger partial charge in [0, 0.05) is 49.9 Å². The summed E-state index contributed by atoms with van der Waals surface area (Å²) in [4.78, 5) is 62.7. The van der Waals surface area contributed by atoms with Crippen molar-refractivity contribution < 1.29 is 23.9 Å². The predicted octanol–water partition coefficient (Wildman–Crippen LogP) is 5.61. The Bertz CT molecular complexity index is 2120. The number of anilines is 1. The number of imide groups is 1. The summed E-state index contributed by atoms with van der Waals surface area (Å²) in [5.74, 6) is -0.204. The van der Waals surface area contributed by atoms with E-state index in [0.717, 1.165) is 85.8 Å². The number of alkyl carbamates (subject to hydrolysis) is 1. The lowest BCUT2D eigenvalue weighted by atomic mass is 10.0. The van der Waals surface area contributed by atoms with E-state index in [2.05, 4.69) is 41.8 Å². The van der Waals surface area contributed by atoms with Crippen molar-refractivity contribution in [1.82, 2.24) is 39.3 Å². The van der Waals surface area contributed by atoms with E-state index < -0.39 is 11.9 Å². The van der Waals surface area contributed by atoms with Gasteiger partial charge in [-0.05, 0) is 96.8 Å². The van der Waals surface area contributed by atoms with Crippen molar-refractivity contribution in [3.63, 3.8) is 0 Å². The van der Waals surface area contributed by atoms with Gasteiger partial charge in [-0.1, -0.05) is 31.4 Å².